The van der Waals surface area contributed by atoms with Crippen molar-refractivity contribution < 1.29 is 13.9 Å². The Bertz CT molecular complexity index is 1680. The van der Waals surface area contributed by atoms with Crippen LogP contribution in [0.1, 0.15) is 16.7 Å². The van der Waals surface area contributed by atoms with E-state index in [1.54, 1.807) is 21.6 Å². The maximum Gasteiger partial charge on any atom is 0.299 e. The number of hydrogen-bond acceptors (Lipinski definition) is 4. The molecule has 0 aliphatic carbocycles. The first-order valence-corrected chi connectivity index (χ1v) is 11.6. The van der Waals surface area contributed by atoms with E-state index in [9.17, 15) is 9.18 Å². The summed E-state index contributed by atoms with van der Waals surface area (Å²) < 4.78 is 22.1. The third kappa shape index (κ3) is 2.86. The number of fused-ring (bicyclic) bond motifs is 6. The van der Waals surface area contributed by atoms with Crippen molar-refractivity contribution in [3.63, 3.8) is 0 Å². The fourth-order valence-corrected chi connectivity index (χ4v) is 5.05. The maximum absolute atomic E-state index is 14.5. The molecular formula is C29H19FN4O2. The Morgan fingerprint density at radius 1 is 0.833 bits per heavy atom. The second kappa shape index (κ2) is 7.61. The number of nitrogens with zero attached hydrogens (tertiary/aromatic N) is 4. The maximum atomic E-state index is 14.5. The zero-order valence-corrected chi connectivity index (χ0v) is 19.0. The van der Waals surface area contributed by atoms with Crippen molar-refractivity contribution in [2.45, 2.75) is 12.3 Å². The molecule has 36 heavy (non-hydrogen) atoms. The first kappa shape index (κ1) is 20.6. The Morgan fingerprint density at radius 2 is 1.56 bits per heavy atom. The topological polar surface area (TPSA) is 59.7 Å². The van der Waals surface area contributed by atoms with E-state index in [2.05, 4.69) is 4.99 Å². The molecule has 6 nitrogen and oxygen atoms in total. The van der Waals surface area contributed by atoms with Crippen LogP contribution in [0, 0.1) is 5.82 Å². The smallest absolute Gasteiger partial charge is 0.299 e. The summed E-state index contributed by atoms with van der Waals surface area (Å²) >= 11 is 0. The van der Waals surface area contributed by atoms with Crippen molar-refractivity contribution in [2.75, 3.05) is 4.90 Å². The lowest BCUT2D eigenvalue weighted by Gasteiger charge is -2.35. The Hall–Kier alpha value is -4.78. The van der Waals surface area contributed by atoms with Gasteiger partial charge in [0.25, 0.3) is 11.6 Å². The summed E-state index contributed by atoms with van der Waals surface area (Å²) in [5, 5.41) is 0. The number of carbonyl (C=O) groups is 1. The van der Waals surface area contributed by atoms with E-state index >= 15 is 0 Å². The lowest BCUT2D eigenvalue weighted by atomic mass is 10.0. The first-order chi connectivity index (χ1) is 17.6. The van der Waals surface area contributed by atoms with Gasteiger partial charge in [0.05, 0.1) is 28.8 Å². The van der Waals surface area contributed by atoms with Crippen LogP contribution in [0.15, 0.2) is 108 Å². The standard InChI is InChI=1S/C29H19FN4O2/c30-21-16-14-20(15-17-21)26-32-28-31-23-11-5-7-13-25(23)34(28)29(36-26)22-10-4-6-12-24(22)33(27(29)35)18-19-8-2-1-3-9-19/h1-17H,18H2/t29-/m1/s1. The van der Waals surface area contributed by atoms with Crippen LogP contribution in [0.4, 0.5) is 16.0 Å². The summed E-state index contributed by atoms with van der Waals surface area (Å²) in [6.45, 7) is 0.382. The number of ether oxygens (including phenoxy) is 1. The average molecular weight is 474 g/mol. The third-order valence-electron chi connectivity index (χ3n) is 6.67. The highest BCUT2D eigenvalue weighted by Gasteiger charge is 2.58. The molecule has 7 heteroatoms. The number of hydrogen-bond donors (Lipinski definition) is 0. The van der Waals surface area contributed by atoms with Gasteiger partial charge in [-0.2, -0.15) is 4.99 Å². The number of imidazole rings is 1. The van der Waals surface area contributed by atoms with Crippen molar-refractivity contribution in [1.82, 2.24) is 9.55 Å². The lowest BCUT2D eigenvalue weighted by molar-refractivity contribution is -0.137. The van der Waals surface area contributed by atoms with Gasteiger partial charge >= 0.3 is 0 Å². The van der Waals surface area contributed by atoms with Crippen LogP contribution in [0.3, 0.4) is 0 Å². The first-order valence-electron chi connectivity index (χ1n) is 11.6. The van der Waals surface area contributed by atoms with Crippen LogP contribution in [-0.4, -0.2) is 21.4 Å². The lowest BCUT2D eigenvalue weighted by Crippen LogP contribution is -2.50. The van der Waals surface area contributed by atoms with E-state index in [4.69, 9.17) is 9.72 Å². The summed E-state index contributed by atoms with van der Waals surface area (Å²) in [6.07, 6.45) is 0. The van der Waals surface area contributed by atoms with E-state index in [-0.39, 0.29) is 17.6 Å². The summed E-state index contributed by atoms with van der Waals surface area (Å²) in [5.74, 6) is -0.0473. The Morgan fingerprint density at radius 3 is 2.39 bits per heavy atom. The number of para-hydroxylation sites is 3. The molecule has 3 heterocycles. The molecule has 0 bridgehead atoms. The monoisotopic (exact) mass is 474 g/mol. The van der Waals surface area contributed by atoms with Crippen LogP contribution in [0.25, 0.3) is 11.0 Å². The quantitative estimate of drug-likeness (QED) is 0.345. The molecule has 1 spiro atoms. The fraction of sp³-hybridized carbons (Fsp3) is 0.0690. The summed E-state index contributed by atoms with van der Waals surface area (Å²) in [6, 6.07) is 30.9. The van der Waals surface area contributed by atoms with E-state index in [0.29, 0.717) is 29.1 Å². The van der Waals surface area contributed by atoms with Gasteiger partial charge < -0.3 is 9.64 Å². The van der Waals surface area contributed by atoms with Gasteiger partial charge in [-0.05, 0) is 48.0 Å². The minimum absolute atomic E-state index is 0.211. The van der Waals surface area contributed by atoms with E-state index < -0.39 is 5.72 Å². The van der Waals surface area contributed by atoms with Crippen LogP contribution >= 0.6 is 0 Å². The Labute approximate surface area is 205 Å². The molecular weight excluding hydrogens is 455 g/mol. The molecule has 0 unspecified atom stereocenters. The summed E-state index contributed by atoms with van der Waals surface area (Å²) in [4.78, 5) is 25.7. The van der Waals surface area contributed by atoms with Gasteiger partial charge in [-0.1, -0.05) is 60.7 Å². The van der Waals surface area contributed by atoms with Crippen molar-refractivity contribution in [2.24, 2.45) is 4.99 Å². The SMILES string of the molecule is O=C1N(Cc2ccccc2)c2ccccc2[C@@]12OC(c1ccc(F)cc1)=Nc1nc3ccccc3n12. The molecule has 1 aromatic heterocycles. The normalized spacial score (nSPS) is 18.2. The molecule has 2 aliphatic heterocycles. The molecule has 1 amide bonds. The number of rotatable bonds is 3. The van der Waals surface area contributed by atoms with Crippen LogP contribution in [0.5, 0.6) is 0 Å². The summed E-state index contributed by atoms with van der Waals surface area (Å²) in [5.41, 5.74) is 2.89. The largest absolute Gasteiger partial charge is 0.436 e. The van der Waals surface area contributed by atoms with Gasteiger partial charge in [0, 0.05) is 5.56 Å². The third-order valence-corrected chi connectivity index (χ3v) is 6.67. The second-order valence-corrected chi connectivity index (χ2v) is 8.80. The number of aliphatic imine (C=N–C) groups is 1. The fourth-order valence-electron chi connectivity index (χ4n) is 5.05. The van der Waals surface area contributed by atoms with E-state index in [1.807, 2.05) is 78.9 Å². The molecule has 0 N–H and O–H groups in total. The van der Waals surface area contributed by atoms with Crippen LogP contribution in [0.2, 0.25) is 0 Å². The Kier molecular flexibility index (Phi) is 4.35. The number of anilines is 1. The predicted octanol–water partition coefficient (Wildman–Crippen LogP) is 5.53. The molecule has 4 aromatic carbocycles. The van der Waals surface area contributed by atoms with Crippen molar-refractivity contribution in [3.8, 4) is 0 Å². The zero-order valence-electron chi connectivity index (χ0n) is 19.0. The second-order valence-electron chi connectivity index (χ2n) is 8.80. The number of amides is 1. The van der Waals surface area contributed by atoms with Crippen molar-refractivity contribution in [1.29, 1.82) is 0 Å². The molecule has 1 atom stereocenters. The predicted molar refractivity (Wildman–Crippen MR) is 135 cm³/mol. The highest BCUT2D eigenvalue weighted by molar-refractivity contribution is 6.11. The highest BCUT2D eigenvalue weighted by atomic mass is 19.1. The van der Waals surface area contributed by atoms with Crippen LogP contribution in [-0.2, 0) is 21.8 Å². The molecule has 5 aromatic rings. The summed E-state index contributed by atoms with van der Waals surface area (Å²) in [7, 11) is 0. The average Bonchev–Trinajstić information content (AvgIpc) is 3.40. The molecule has 0 fully saturated rings. The number of halogens is 1. The van der Waals surface area contributed by atoms with Gasteiger partial charge in [0.1, 0.15) is 5.82 Å². The molecule has 2 aliphatic rings. The van der Waals surface area contributed by atoms with E-state index in [0.717, 1.165) is 16.8 Å². The van der Waals surface area contributed by atoms with Gasteiger partial charge in [0.2, 0.25) is 11.8 Å². The number of aromatic nitrogens is 2. The van der Waals surface area contributed by atoms with Gasteiger partial charge in [0.15, 0.2) is 0 Å². The molecule has 0 saturated heterocycles. The van der Waals surface area contributed by atoms with Gasteiger partial charge in [-0.3, -0.25) is 9.36 Å². The van der Waals surface area contributed by atoms with Gasteiger partial charge in [-0.15, -0.1) is 0 Å². The van der Waals surface area contributed by atoms with Gasteiger partial charge in [-0.25, -0.2) is 9.37 Å². The molecule has 7 rings (SSSR count). The van der Waals surface area contributed by atoms with Crippen molar-refractivity contribution in [3.05, 3.63) is 126 Å². The number of carbonyl (C=O) groups excluding carboxylic acids is 1. The zero-order chi connectivity index (χ0) is 24.3. The Balaban J connectivity index is 1.49. The minimum Gasteiger partial charge on any atom is -0.436 e. The number of benzene rings is 4. The van der Waals surface area contributed by atoms with E-state index in [1.165, 1.54) is 12.1 Å². The van der Waals surface area contributed by atoms with Crippen molar-refractivity contribution >= 4 is 34.5 Å². The molecule has 0 saturated carbocycles. The molecule has 0 radical (unpaired) electrons. The molecule has 174 valence electrons. The minimum atomic E-state index is -1.55. The van der Waals surface area contributed by atoms with Crippen LogP contribution < -0.4 is 4.90 Å². The highest BCUT2D eigenvalue weighted by Crippen LogP contribution is 2.49.